The minimum absolute atomic E-state index is 0.148. The van der Waals surface area contributed by atoms with Crippen LogP contribution < -0.4 is 9.47 Å². The van der Waals surface area contributed by atoms with Crippen molar-refractivity contribution in [2.24, 2.45) is 0 Å². The van der Waals surface area contributed by atoms with E-state index in [0.29, 0.717) is 17.2 Å². The van der Waals surface area contributed by atoms with Gasteiger partial charge in [-0.05, 0) is 12.1 Å². The molecule has 0 spiro atoms. The maximum atomic E-state index is 9.48. The van der Waals surface area contributed by atoms with Gasteiger partial charge < -0.3 is 14.6 Å². The highest BCUT2D eigenvalue weighted by Gasteiger charge is 2.27. The van der Waals surface area contributed by atoms with Crippen molar-refractivity contribution < 1.29 is 14.6 Å². The standard InChI is InChI=1S/C15H21N3O3/c1-15(2,3)14-11(9-19)16-17-18(14)12-7-6-10(20-4)8-13(12)21-5/h6-8,19H,9H2,1-5H3. The first-order chi connectivity index (χ1) is 9.92. The van der Waals surface area contributed by atoms with Gasteiger partial charge in [0.05, 0.1) is 26.5 Å². The minimum Gasteiger partial charge on any atom is -0.497 e. The number of aliphatic hydroxyl groups excluding tert-OH is 1. The number of benzene rings is 1. The molecule has 0 aliphatic carbocycles. The Morgan fingerprint density at radius 2 is 1.90 bits per heavy atom. The molecule has 0 amide bonds. The molecule has 0 radical (unpaired) electrons. The number of hydrogen-bond donors (Lipinski definition) is 1. The summed E-state index contributed by atoms with van der Waals surface area (Å²) in [4.78, 5) is 0. The molecule has 2 rings (SSSR count). The average Bonchev–Trinajstić information content (AvgIpc) is 2.90. The topological polar surface area (TPSA) is 69.4 Å². The van der Waals surface area contributed by atoms with Gasteiger partial charge in [-0.25, -0.2) is 4.68 Å². The third-order valence-electron chi connectivity index (χ3n) is 3.22. The summed E-state index contributed by atoms with van der Waals surface area (Å²) in [6, 6.07) is 5.50. The van der Waals surface area contributed by atoms with E-state index in [1.54, 1.807) is 25.0 Å². The summed E-state index contributed by atoms with van der Waals surface area (Å²) in [5.74, 6) is 1.34. The van der Waals surface area contributed by atoms with Gasteiger partial charge in [0, 0.05) is 11.5 Å². The number of ether oxygens (including phenoxy) is 2. The van der Waals surface area contributed by atoms with Crippen molar-refractivity contribution in [3.8, 4) is 17.2 Å². The van der Waals surface area contributed by atoms with Crippen molar-refractivity contribution in [2.45, 2.75) is 32.8 Å². The molecule has 21 heavy (non-hydrogen) atoms. The fourth-order valence-corrected chi connectivity index (χ4v) is 2.30. The molecule has 1 N–H and O–H groups in total. The van der Waals surface area contributed by atoms with E-state index in [1.807, 2.05) is 12.1 Å². The summed E-state index contributed by atoms with van der Waals surface area (Å²) in [5, 5.41) is 17.7. The van der Waals surface area contributed by atoms with Crippen molar-refractivity contribution in [1.82, 2.24) is 15.0 Å². The van der Waals surface area contributed by atoms with E-state index in [0.717, 1.165) is 11.4 Å². The molecule has 0 saturated heterocycles. The van der Waals surface area contributed by atoms with Gasteiger partial charge in [0.1, 0.15) is 22.9 Å². The molecule has 114 valence electrons. The zero-order valence-electron chi connectivity index (χ0n) is 13.0. The Bertz CT molecular complexity index is 630. The van der Waals surface area contributed by atoms with Crippen molar-refractivity contribution in [3.05, 3.63) is 29.6 Å². The van der Waals surface area contributed by atoms with E-state index in [9.17, 15) is 5.11 Å². The van der Waals surface area contributed by atoms with Crippen LogP contribution in [0.1, 0.15) is 32.2 Å². The minimum atomic E-state index is -0.216. The lowest BCUT2D eigenvalue weighted by Crippen LogP contribution is -2.20. The largest absolute Gasteiger partial charge is 0.497 e. The number of hydrogen-bond acceptors (Lipinski definition) is 5. The van der Waals surface area contributed by atoms with Crippen LogP contribution >= 0.6 is 0 Å². The second kappa shape index (κ2) is 5.73. The van der Waals surface area contributed by atoms with E-state index in [2.05, 4.69) is 31.1 Å². The first-order valence-electron chi connectivity index (χ1n) is 6.70. The van der Waals surface area contributed by atoms with Gasteiger partial charge in [-0.1, -0.05) is 26.0 Å². The van der Waals surface area contributed by atoms with Crippen LogP contribution in [0.15, 0.2) is 18.2 Å². The second-order valence-electron chi connectivity index (χ2n) is 5.74. The average molecular weight is 291 g/mol. The zero-order valence-corrected chi connectivity index (χ0v) is 13.0. The van der Waals surface area contributed by atoms with Crippen LogP contribution in [0.2, 0.25) is 0 Å². The Morgan fingerprint density at radius 1 is 1.19 bits per heavy atom. The fourth-order valence-electron chi connectivity index (χ4n) is 2.30. The Hall–Kier alpha value is -2.08. The zero-order chi connectivity index (χ0) is 15.6. The molecule has 0 bridgehead atoms. The maximum absolute atomic E-state index is 9.48. The lowest BCUT2D eigenvalue weighted by molar-refractivity contribution is 0.273. The number of aliphatic hydroxyl groups is 1. The predicted molar refractivity (Wildman–Crippen MR) is 79.1 cm³/mol. The monoisotopic (exact) mass is 291 g/mol. The van der Waals surface area contributed by atoms with Crippen LogP contribution in [0.4, 0.5) is 0 Å². The van der Waals surface area contributed by atoms with Gasteiger partial charge in [0.2, 0.25) is 0 Å². The molecule has 0 unspecified atom stereocenters. The number of methoxy groups -OCH3 is 2. The van der Waals surface area contributed by atoms with E-state index >= 15 is 0 Å². The molecule has 1 heterocycles. The number of nitrogens with zero attached hydrogens (tertiary/aromatic N) is 3. The molecule has 6 nitrogen and oxygen atoms in total. The van der Waals surface area contributed by atoms with Crippen LogP contribution in [0.5, 0.6) is 11.5 Å². The molecule has 0 saturated carbocycles. The lowest BCUT2D eigenvalue weighted by Gasteiger charge is -2.21. The van der Waals surface area contributed by atoms with Crippen LogP contribution in [0.3, 0.4) is 0 Å². The van der Waals surface area contributed by atoms with E-state index in [4.69, 9.17) is 9.47 Å². The SMILES string of the molecule is COc1ccc(-n2nnc(CO)c2C(C)(C)C)c(OC)c1. The first-order valence-corrected chi connectivity index (χ1v) is 6.70. The second-order valence-corrected chi connectivity index (χ2v) is 5.74. The Balaban J connectivity index is 2.65. The molecule has 1 aromatic carbocycles. The predicted octanol–water partition coefficient (Wildman–Crippen LogP) is 2.07. The Kier molecular flexibility index (Phi) is 4.18. The third-order valence-corrected chi connectivity index (χ3v) is 3.22. The van der Waals surface area contributed by atoms with Gasteiger partial charge in [0.25, 0.3) is 0 Å². The summed E-state index contributed by atoms with van der Waals surface area (Å²) in [7, 11) is 3.20. The highest BCUT2D eigenvalue weighted by atomic mass is 16.5. The summed E-state index contributed by atoms with van der Waals surface area (Å²) in [6.07, 6.45) is 0. The van der Waals surface area contributed by atoms with Crippen LogP contribution in [0, 0.1) is 0 Å². The molecule has 1 aromatic heterocycles. The fraction of sp³-hybridized carbons (Fsp3) is 0.467. The van der Waals surface area contributed by atoms with Crippen LogP contribution in [0.25, 0.3) is 5.69 Å². The quantitative estimate of drug-likeness (QED) is 0.934. The maximum Gasteiger partial charge on any atom is 0.148 e. The Morgan fingerprint density at radius 3 is 2.43 bits per heavy atom. The number of rotatable bonds is 4. The van der Waals surface area contributed by atoms with Crippen molar-refractivity contribution >= 4 is 0 Å². The van der Waals surface area contributed by atoms with Crippen LogP contribution in [-0.4, -0.2) is 34.3 Å². The molecular weight excluding hydrogens is 270 g/mol. The van der Waals surface area contributed by atoms with Gasteiger partial charge in [0.15, 0.2) is 0 Å². The first kappa shape index (κ1) is 15.3. The molecule has 0 aliphatic heterocycles. The van der Waals surface area contributed by atoms with Crippen molar-refractivity contribution in [2.75, 3.05) is 14.2 Å². The highest BCUT2D eigenvalue weighted by molar-refractivity contribution is 5.51. The van der Waals surface area contributed by atoms with Crippen molar-refractivity contribution in [1.29, 1.82) is 0 Å². The molecular formula is C15H21N3O3. The van der Waals surface area contributed by atoms with Gasteiger partial charge in [-0.2, -0.15) is 0 Å². The van der Waals surface area contributed by atoms with Gasteiger partial charge in [-0.15, -0.1) is 5.10 Å². The van der Waals surface area contributed by atoms with E-state index in [-0.39, 0.29) is 12.0 Å². The lowest BCUT2D eigenvalue weighted by atomic mass is 9.90. The summed E-state index contributed by atoms with van der Waals surface area (Å²) in [5.41, 5.74) is 1.97. The molecule has 0 atom stereocenters. The normalized spacial score (nSPS) is 11.5. The van der Waals surface area contributed by atoms with Gasteiger partial charge in [-0.3, -0.25) is 0 Å². The molecule has 0 aliphatic rings. The van der Waals surface area contributed by atoms with Gasteiger partial charge >= 0.3 is 0 Å². The third kappa shape index (κ3) is 2.85. The number of aromatic nitrogens is 3. The summed E-state index contributed by atoms with van der Waals surface area (Å²) >= 11 is 0. The molecule has 2 aromatic rings. The smallest absolute Gasteiger partial charge is 0.148 e. The summed E-state index contributed by atoms with van der Waals surface area (Å²) in [6.45, 7) is 6.01. The molecule has 0 fully saturated rings. The van der Waals surface area contributed by atoms with E-state index < -0.39 is 0 Å². The molecule has 6 heteroatoms. The van der Waals surface area contributed by atoms with Crippen LogP contribution in [-0.2, 0) is 12.0 Å². The highest BCUT2D eigenvalue weighted by Crippen LogP contribution is 2.32. The summed E-state index contributed by atoms with van der Waals surface area (Å²) < 4.78 is 12.3. The Labute approximate surface area is 124 Å². The van der Waals surface area contributed by atoms with Crippen molar-refractivity contribution in [3.63, 3.8) is 0 Å². The van der Waals surface area contributed by atoms with E-state index in [1.165, 1.54) is 0 Å².